The molecule has 3 N–H and O–H groups in total. The molecule has 4 nitrogen and oxygen atoms in total. The van der Waals surface area contributed by atoms with Gasteiger partial charge in [0.2, 0.25) is 0 Å². The third-order valence-corrected chi connectivity index (χ3v) is 4.06. The van der Waals surface area contributed by atoms with Crippen molar-refractivity contribution in [2.75, 3.05) is 11.6 Å². The van der Waals surface area contributed by atoms with Crippen LogP contribution in [-0.2, 0) is 0 Å². The van der Waals surface area contributed by atoms with Crippen molar-refractivity contribution in [2.45, 2.75) is 0 Å². The molecule has 3 rings (SSSR count). The van der Waals surface area contributed by atoms with Gasteiger partial charge >= 0.3 is 0 Å². The minimum absolute atomic E-state index is 0.0839. The van der Waals surface area contributed by atoms with Crippen LogP contribution in [0.2, 0.25) is 0 Å². The average Bonchev–Trinajstić information content (AvgIpc) is 2.89. The molecule has 0 aromatic heterocycles. The second-order valence-electron chi connectivity index (χ2n) is 4.83. The Labute approximate surface area is 140 Å². The zero-order valence-corrected chi connectivity index (χ0v) is 13.6. The fraction of sp³-hybridized carbons (Fsp3) is 0.0625. The van der Waals surface area contributed by atoms with E-state index in [0.29, 0.717) is 23.4 Å². The van der Waals surface area contributed by atoms with Crippen LogP contribution in [-0.4, -0.2) is 17.5 Å². The Morgan fingerprint density at radius 1 is 1.23 bits per heavy atom. The van der Waals surface area contributed by atoms with Crippen LogP contribution in [0.15, 0.2) is 54.1 Å². The normalized spacial score (nSPS) is 17.0. The minimum atomic E-state index is -0.327. The van der Waals surface area contributed by atoms with Gasteiger partial charge < -0.3 is 5.11 Å². The van der Waals surface area contributed by atoms with E-state index in [2.05, 4.69) is 28.0 Å². The van der Waals surface area contributed by atoms with Gasteiger partial charge in [-0.2, -0.15) is 0 Å². The number of halogens is 2. The number of amidine groups is 1. The van der Waals surface area contributed by atoms with Crippen molar-refractivity contribution < 1.29 is 9.50 Å². The molecule has 0 unspecified atom stereocenters. The predicted molar refractivity (Wildman–Crippen MR) is 93.3 cm³/mol. The first-order chi connectivity index (χ1) is 10.6. The van der Waals surface area contributed by atoms with Crippen molar-refractivity contribution in [2.24, 2.45) is 0 Å². The van der Waals surface area contributed by atoms with Crippen LogP contribution >= 0.6 is 22.6 Å². The van der Waals surface area contributed by atoms with E-state index in [1.54, 1.807) is 18.2 Å². The van der Waals surface area contributed by atoms with E-state index in [9.17, 15) is 9.50 Å². The quantitative estimate of drug-likeness (QED) is 0.524. The number of nitrogens with zero attached hydrogens (tertiary/aromatic N) is 1. The van der Waals surface area contributed by atoms with Gasteiger partial charge in [0.1, 0.15) is 17.4 Å². The van der Waals surface area contributed by atoms with Crippen LogP contribution < -0.4 is 10.4 Å². The molecule has 6 heteroatoms. The first-order valence-electron chi connectivity index (χ1n) is 6.62. The lowest BCUT2D eigenvalue weighted by Crippen LogP contribution is -2.33. The molecule has 1 saturated heterocycles. The van der Waals surface area contributed by atoms with Gasteiger partial charge in [0.05, 0.1) is 11.3 Å². The Balaban J connectivity index is 1.93. The summed E-state index contributed by atoms with van der Waals surface area (Å²) in [5.41, 5.74) is 4.86. The summed E-state index contributed by atoms with van der Waals surface area (Å²) >= 11 is 2.17. The van der Waals surface area contributed by atoms with E-state index in [0.717, 1.165) is 3.57 Å². The topological polar surface area (TPSA) is 59.4 Å². The highest BCUT2D eigenvalue weighted by atomic mass is 127. The molecule has 0 spiro atoms. The van der Waals surface area contributed by atoms with Crippen LogP contribution in [0, 0.1) is 14.8 Å². The number of hydrogen-bond donors (Lipinski definition) is 3. The molecule has 0 amide bonds. The van der Waals surface area contributed by atoms with E-state index >= 15 is 0 Å². The molecule has 0 bridgehead atoms. The molecular weight excluding hydrogens is 396 g/mol. The number of hydrogen-bond acceptors (Lipinski definition) is 3. The SMILES string of the molecule is N=C1C(=C(O)c2cccc(I)c2)CNN1c1ccc(F)cc1. The summed E-state index contributed by atoms with van der Waals surface area (Å²) in [6.07, 6.45) is 0. The van der Waals surface area contributed by atoms with Gasteiger partial charge in [0.25, 0.3) is 0 Å². The van der Waals surface area contributed by atoms with Gasteiger partial charge in [-0.1, -0.05) is 12.1 Å². The first-order valence-corrected chi connectivity index (χ1v) is 7.70. The van der Waals surface area contributed by atoms with Crippen LogP contribution in [0.4, 0.5) is 10.1 Å². The zero-order valence-electron chi connectivity index (χ0n) is 11.5. The Morgan fingerprint density at radius 2 is 1.95 bits per heavy atom. The molecule has 0 atom stereocenters. The highest BCUT2D eigenvalue weighted by molar-refractivity contribution is 14.1. The third-order valence-electron chi connectivity index (χ3n) is 3.39. The molecule has 22 heavy (non-hydrogen) atoms. The molecule has 0 saturated carbocycles. The lowest BCUT2D eigenvalue weighted by molar-refractivity contribution is 0.508. The number of aliphatic hydroxyl groups is 1. The van der Waals surface area contributed by atoms with E-state index in [-0.39, 0.29) is 17.4 Å². The maximum Gasteiger partial charge on any atom is 0.148 e. The van der Waals surface area contributed by atoms with Crippen molar-refractivity contribution in [1.29, 1.82) is 5.41 Å². The fourth-order valence-electron chi connectivity index (χ4n) is 2.27. The average molecular weight is 409 g/mol. The predicted octanol–water partition coefficient (Wildman–Crippen LogP) is 3.70. The van der Waals surface area contributed by atoms with Crippen molar-refractivity contribution in [1.82, 2.24) is 5.43 Å². The molecule has 2 aromatic rings. The minimum Gasteiger partial charge on any atom is -0.507 e. The molecule has 1 fully saturated rings. The lowest BCUT2D eigenvalue weighted by Gasteiger charge is -2.17. The Hall–Kier alpha value is -1.93. The van der Waals surface area contributed by atoms with Gasteiger partial charge in [-0.05, 0) is 59.0 Å². The van der Waals surface area contributed by atoms with E-state index in [1.807, 2.05) is 18.2 Å². The van der Waals surface area contributed by atoms with E-state index < -0.39 is 0 Å². The molecule has 1 aliphatic rings. The zero-order chi connectivity index (χ0) is 15.7. The Kier molecular flexibility index (Phi) is 4.12. The highest BCUT2D eigenvalue weighted by Gasteiger charge is 2.27. The van der Waals surface area contributed by atoms with Crippen molar-refractivity contribution >= 4 is 39.9 Å². The van der Waals surface area contributed by atoms with Gasteiger partial charge in [0.15, 0.2) is 0 Å². The van der Waals surface area contributed by atoms with Crippen molar-refractivity contribution in [3.63, 3.8) is 0 Å². The van der Waals surface area contributed by atoms with Crippen LogP contribution in [0.25, 0.3) is 5.76 Å². The summed E-state index contributed by atoms with van der Waals surface area (Å²) in [5, 5.41) is 20.2. The number of hydrazine groups is 1. The summed E-state index contributed by atoms with van der Waals surface area (Å²) in [4.78, 5) is 0. The van der Waals surface area contributed by atoms with Crippen LogP contribution in [0.5, 0.6) is 0 Å². The smallest absolute Gasteiger partial charge is 0.148 e. The molecule has 0 aliphatic carbocycles. The van der Waals surface area contributed by atoms with E-state index in [1.165, 1.54) is 17.1 Å². The second kappa shape index (κ2) is 6.05. The summed E-state index contributed by atoms with van der Waals surface area (Å²) in [6.45, 7) is 0.341. The Bertz CT molecular complexity index is 758. The molecule has 2 aromatic carbocycles. The summed E-state index contributed by atoms with van der Waals surface area (Å²) in [6, 6.07) is 13.3. The maximum absolute atomic E-state index is 13.0. The molecular formula is C16H13FIN3O. The standard InChI is InChI=1S/C16H13FIN3O/c17-11-4-6-13(7-5-11)21-16(19)14(9-20-21)15(22)10-2-1-3-12(18)8-10/h1-8,19-20,22H,9H2. The number of nitrogens with one attached hydrogen (secondary N) is 2. The van der Waals surface area contributed by atoms with Crippen LogP contribution in [0.3, 0.4) is 0 Å². The molecule has 1 aliphatic heterocycles. The third kappa shape index (κ3) is 2.84. The highest BCUT2D eigenvalue weighted by Crippen LogP contribution is 2.25. The summed E-state index contributed by atoms with van der Waals surface area (Å²) in [7, 11) is 0. The first kappa shape index (κ1) is 15.0. The van der Waals surface area contributed by atoms with Gasteiger partial charge in [-0.3, -0.25) is 10.4 Å². The van der Waals surface area contributed by atoms with Crippen molar-refractivity contribution in [3.05, 3.63) is 69.1 Å². The monoisotopic (exact) mass is 409 g/mol. The number of rotatable bonds is 2. The fourth-order valence-corrected chi connectivity index (χ4v) is 2.82. The number of benzene rings is 2. The summed E-state index contributed by atoms with van der Waals surface area (Å²) in [5.74, 6) is -0.0875. The maximum atomic E-state index is 13.0. The molecule has 1 heterocycles. The lowest BCUT2D eigenvalue weighted by atomic mass is 10.1. The number of aliphatic hydroxyl groups excluding tert-OH is 1. The Morgan fingerprint density at radius 3 is 2.64 bits per heavy atom. The van der Waals surface area contributed by atoms with Gasteiger partial charge in [0, 0.05) is 15.7 Å². The largest absolute Gasteiger partial charge is 0.507 e. The van der Waals surface area contributed by atoms with Crippen molar-refractivity contribution in [3.8, 4) is 0 Å². The van der Waals surface area contributed by atoms with E-state index in [4.69, 9.17) is 5.41 Å². The molecule has 112 valence electrons. The van der Waals surface area contributed by atoms with Crippen LogP contribution in [0.1, 0.15) is 5.56 Å². The summed E-state index contributed by atoms with van der Waals surface area (Å²) < 4.78 is 14.0. The molecule has 0 radical (unpaired) electrons. The van der Waals surface area contributed by atoms with Gasteiger partial charge in [-0.15, -0.1) is 0 Å². The number of anilines is 1. The van der Waals surface area contributed by atoms with Gasteiger partial charge in [-0.25, -0.2) is 9.82 Å². The second-order valence-corrected chi connectivity index (χ2v) is 6.08.